The molecule has 1 N–H and O–H groups in total. The maximum Gasteiger partial charge on any atom is 0.421 e. The summed E-state index contributed by atoms with van der Waals surface area (Å²) in [5.74, 6) is 0.865. The molecule has 1 unspecified atom stereocenters. The lowest BCUT2D eigenvalue weighted by atomic mass is 9.77. The van der Waals surface area contributed by atoms with E-state index in [1.54, 1.807) is 0 Å². The zero-order chi connectivity index (χ0) is 21.9. The lowest BCUT2D eigenvalue weighted by Gasteiger charge is -2.38. The van der Waals surface area contributed by atoms with Crippen LogP contribution in [0, 0.1) is 11.8 Å². The molecule has 0 bridgehead atoms. The third kappa shape index (κ3) is 4.61. The van der Waals surface area contributed by atoms with Crippen LogP contribution in [0.15, 0.2) is 41.4 Å². The number of carbonyl (C=O) groups excluding carboxylic acids is 1. The van der Waals surface area contributed by atoms with Crippen molar-refractivity contribution in [3.05, 3.63) is 47.5 Å². The second-order valence-corrected chi connectivity index (χ2v) is 8.37. The molecular formula is C23H29F3N2O2. The number of aliphatic hydroxyl groups is 1. The van der Waals surface area contributed by atoms with E-state index < -0.39 is 11.8 Å². The molecular weight excluding hydrogens is 393 g/mol. The van der Waals surface area contributed by atoms with E-state index in [2.05, 4.69) is 11.1 Å². The van der Waals surface area contributed by atoms with Crippen LogP contribution in [0.3, 0.4) is 0 Å². The molecule has 2 atom stereocenters. The molecule has 0 saturated heterocycles. The predicted molar refractivity (Wildman–Crippen MR) is 111 cm³/mol. The SMILES string of the molecule is CCN(C(=O)c1ccc([C@](C)(O)C(F)(F)F)cc1)[C@H]1CC[C@H](C2C=CC=NC2)CC1. The Morgan fingerprint density at radius 1 is 1.17 bits per heavy atom. The van der Waals surface area contributed by atoms with E-state index in [1.807, 2.05) is 24.1 Å². The van der Waals surface area contributed by atoms with Gasteiger partial charge in [-0.15, -0.1) is 0 Å². The van der Waals surface area contributed by atoms with Crippen molar-refractivity contribution in [2.24, 2.45) is 16.8 Å². The number of halogens is 3. The van der Waals surface area contributed by atoms with Crippen molar-refractivity contribution in [3.8, 4) is 0 Å². The first kappa shape index (κ1) is 22.5. The molecule has 1 fully saturated rings. The van der Waals surface area contributed by atoms with Gasteiger partial charge in [-0.3, -0.25) is 9.79 Å². The predicted octanol–water partition coefficient (Wildman–Crippen LogP) is 4.73. The monoisotopic (exact) mass is 422 g/mol. The first-order chi connectivity index (χ1) is 14.1. The Balaban J connectivity index is 1.65. The van der Waals surface area contributed by atoms with E-state index in [9.17, 15) is 23.1 Å². The molecule has 164 valence electrons. The molecule has 1 amide bonds. The molecule has 0 radical (unpaired) electrons. The highest BCUT2D eigenvalue weighted by molar-refractivity contribution is 5.94. The Kier molecular flexibility index (Phi) is 6.70. The Labute approximate surface area is 175 Å². The number of carbonyl (C=O) groups is 1. The standard InChI is InChI=1S/C23H29F3N2O2/c1-3-28(20-12-8-16(9-13-20)18-5-4-14-27-15-18)21(29)17-6-10-19(11-7-17)22(2,30)23(24,25)26/h4-7,10-11,14,16,18,20,30H,3,8-9,12-13,15H2,1-2H3/t16-,18?,20-,22-/m0/s1. The van der Waals surface area contributed by atoms with Gasteiger partial charge in [-0.05, 0) is 75.1 Å². The number of hydrogen-bond acceptors (Lipinski definition) is 3. The molecule has 30 heavy (non-hydrogen) atoms. The lowest BCUT2D eigenvalue weighted by Crippen LogP contribution is -2.43. The summed E-state index contributed by atoms with van der Waals surface area (Å²) in [4.78, 5) is 19.2. The smallest absolute Gasteiger partial charge is 0.376 e. The van der Waals surface area contributed by atoms with E-state index in [-0.39, 0.29) is 17.5 Å². The fourth-order valence-electron chi connectivity index (χ4n) is 4.48. The van der Waals surface area contributed by atoms with Crippen LogP contribution in [0.1, 0.15) is 55.5 Å². The minimum Gasteiger partial charge on any atom is -0.376 e. The Bertz CT molecular complexity index is 792. The summed E-state index contributed by atoms with van der Waals surface area (Å²) in [6.07, 6.45) is 5.17. The molecule has 0 spiro atoms. The largest absolute Gasteiger partial charge is 0.421 e. The maximum atomic E-state index is 13.0. The van der Waals surface area contributed by atoms with Gasteiger partial charge in [0.25, 0.3) is 5.91 Å². The molecule has 0 aromatic heterocycles. The topological polar surface area (TPSA) is 52.9 Å². The number of aliphatic imine (C=N–C) groups is 1. The number of nitrogens with zero attached hydrogens (tertiary/aromatic N) is 2. The number of amides is 1. The van der Waals surface area contributed by atoms with E-state index in [1.165, 1.54) is 24.3 Å². The quantitative estimate of drug-likeness (QED) is 0.746. The van der Waals surface area contributed by atoms with Crippen LogP contribution in [-0.2, 0) is 5.60 Å². The van der Waals surface area contributed by atoms with Gasteiger partial charge in [-0.25, -0.2) is 0 Å². The van der Waals surface area contributed by atoms with Crippen molar-refractivity contribution < 1.29 is 23.1 Å². The van der Waals surface area contributed by atoms with Gasteiger partial charge in [0.1, 0.15) is 0 Å². The molecule has 3 rings (SSSR count). The van der Waals surface area contributed by atoms with E-state index in [4.69, 9.17) is 0 Å². The van der Waals surface area contributed by atoms with Crippen LogP contribution in [0.2, 0.25) is 0 Å². The first-order valence-electron chi connectivity index (χ1n) is 10.5. The van der Waals surface area contributed by atoms with Gasteiger partial charge in [0.05, 0.1) is 0 Å². The highest BCUT2D eigenvalue weighted by atomic mass is 19.4. The van der Waals surface area contributed by atoms with Crippen molar-refractivity contribution in [2.75, 3.05) is 13.1 Å². The van der Waals surface area contributed by atoms with Gasteiger partial charge >= 0.3 is 6.18 Å². The van der Waals surface area contributed by atoms with Crippen LogP contribution < -0.4 is 0 Å². The number of dihydropyridines is 1. The number of benzene rings is 1. The fourth-order valence-corrected chi connectivity index (χ4v) is 4.48. The lowest BCUT2D eigenvalue weighted by molar-refractivity contribution is -0.258. The molecule has 1 saturated carbocycles. The van der Waals surface area contributed by atoms with E-state index in [0.29, 0.717) is 30.9 Å². The van der Waals surface area contributed by atoms with Crippen LogP contribution in [0.4, 0.5) is 13.2 Å². The second kappa shape index (κ2) is 8.92. The molecule has 1 aromatic carbocycles. The van der Waals surface area contributed by atoms with Crippen LogP contribution >= 0.6 is 0 Å². The maximum absolute atomic E-state index is 13.0. The average molecular weight is 422 g/mol. The normalized spacial score (nSPS) is 26.3. The molecule has 1 aromatic rings. The summed E-state index contributed by atoms with van der Waals surface area (Å²) in [6.45, 7) is 4.01. The van der Waals surface area contributed by atoms with Gasteiger partial charge < -0.3 is 10.0 Å². The van der Waals surface area contributed by atoms with Gasteiger partial charge in [0, 0.05) is 30.9 Å². The van der Waals surface area contributed by atoms with Gasteiger partial charge in [-0.2, -0.15) is 13.2 Å². The third-order valence-electron chi connectivity index (χ3n) is 6.50. The van der Waals surface area contributed by atoms with Crippen LogP contribution in [0.25, 0.3) is 0 Å². The van der Waals surface area contributed by atoms with Gasteiger partial charge in [-0.1, -0.05) is 18.2 Å². The third-order valence-corrected chi connectivity index (χ3v) is 6.50. The van der Waals surface area contributed by atoms with Crippen molar-refractivity contribution in [1.29, 1.82) is 0 Å². The summed E-state index contributed by atoms with van der Waals surface area (Å²) in [5.41, 5.74) is -2.89. The number of allylic oxidation sites excluding steroid dienone is 1. The molecule has 7 heteroatoms. The Morgan fingerprint density at radius 3 is 2.30 bits per heavy atom. The summed E-state index contributed by atoms with van der Waals surface area (Å²) in [5, 5.41) is 9.81. The van der Waals surface area contributed by atoms with Crippen LogP contribution in [-0.4, -0.2) is 47.4 Å². The Morgan fingerprint density at radius 2 is 1.80 bits per heavy atom. The molecule has 1 aliphatic carbocycles. The highest BCUT2D eigenvalue weighted by Crippen LogP contribution is 2.39. The molecule has 1 aliphatic heterocycles. The summed E-state index contributed by atoms with van der Waals surface area (Å²) in [7, 11) is 0. The van der Waals surface area contributed by atoms with E-state index in [0.717, 1.165) is 32.2 Å². The fraction of sp³-hybridized carbons (Fsp3) is 0.565. The number of rotatable bonds is 5. The van der Waals surface area contributed by atoms with E-state index >= 15 is 0 Å². The van der Waals surface area contributed by atoms with Crippen molar-refractivity contribution in [1.82, 2.24) is 4.90 Å². The molecule has 1 heterocycles. The summed E-state index contributed by atoms with van der Waals surface area (Å²) in [6, 6.07) is 5.24. The minimum atomic E-state index is -4.79. The molecule has 4 nitrogen and oxygen atoms in total. The van der Waals surface area contributed by atoms with Gasteiger partial charge in [0.15, 0.2) is 5.60 Å². The molecule has 2 aliphatic rings. The van der Waals surface area contributed by atoms with Crippen LogP contribution in [0.5, 0.6) is 0 Å². The van der Waals surface area contributed by atoms with Crippen molar-refractivity contribution in [3.63, 3.8) is 0 Å². The first-order valence-corrected chi connectivity index (χ1v) is 10.5. The zero-order valence-corrected chi connectivity index (χ0v) is 17.4. The second-order valence-electron chi connectivity index (χ2n) is 8.37. The minimum absolute atomic E-state index is 0.132. The zero-order valence-electron chi connectivity index (χ0n) is 17.4. The number of hydrogen-bond donors (Lipinski definition) is 1. The van der Waals surface area contributed by atoms with Crippen molar-refractivity contribution in [2.45, 2.75) is 57.3 Å². The number of alkyl halides is 3. The summed E-state index contributed by atoms with van der Waals surface area (Å²) >= 11 is 0. The average Bonchev–Trinajstić information content (AvgIpc) is 2.74. The highest BCUT2D eigenvalue weighted by Gasteiger charge is 2.51. The van der Waals surface area contributed by atoms with Gasteiger partial charge in [0.2, 0.25) is 0 Å². The van der Waals surface area contributed by atoms with Crippen molar-refractivity contribution >= 4 is 12.1 Å². The Hall–Kier alpha value is -2.15. The summed E-state index contributed by atoms with van der Waals surface area (Å²) < 4.78 is 39.1.